The van der Waals surface area contributed by atoms with Crippen LogP contribution in [0.1, 0.15) is 0 Å². The Morgan fingerprint density at radius 1 is 0.895 bits per heavy atom. The number of hydrogen-bond donors (Lipinski definition) is 2. The van der Waals surface area contributed by atoms with E-state index in [0.717, 1.165) is 0 Å². The zero-order valence-electron chi connectivity index (χ0n) is 11.0. The molecule has 0 bridgehead atoms. The summed E-state index contributed by atoms with van der Waals surface area (Å²) >= 11 is 0. The SMILES string of the molecule is C#CCOP(N)OCCOCCOCCOCCO. The van der Waals surface area contributed by atoms with Crippen molar-refractivity contribution in [3.63, 3.8) is 0 Å². The summed E-state index contributed by atoms with van der Waals surface area (Å²) in [4.78, 5) is 0. The van der Waals surface area contributed by atoms with E-state index < -0.39 is 8.53 Å². The summed E-state index contributed by atoms with van der Waals surface area (Å²) in [6.45, 7) is 3.17. The molecular weight excluding hydrogens is 273 g/mol. The fourth-order valence-corrected chi connectivity index (χ4v) is 1.46. The largest absolute Gasteiger partial charge is 0.394 e. The second-order valence-corrected chi connectivity index (χ2v) is 4.24. The third kappa shape index (κ3) is 15.7. The van der Waals surface area contributed by atoms with E-state index in [1.54, 1.807) is 0 Å². The van der Waals surface area contributed by atoms with E-state index in [-0.39, 0.29) is 13.2 Å². The highest BCUT2D eigenvalue weighted by molar-refractivity contribution is 7.44. The molecule has 0 aromatic carbocycles. The molecular formula is C11H22NO6P. The lowest BCUT2D eigenvalue weighted by Crippen LogP contribution is -2.12. The minimum absolute atomic E-state index is 0.0256. The van der Waals surface area contributed by atoms with E-state index in [0.29, 0.717) is 46.2 Å². The van der Waals surface area contributed by atoms with E-state index >= 15 is 0 Å². The Kier molecular flexibility index (Phi) is 15.5. The highest BCUT2D eigenvalue weighted by Gasteiger charge is 2.02. The van der Waals surface area contributed by atoms with Gasteiger partial charge in [-0.05, 0) is 0 Å². The molecule has 0 aromatic rings. The lowest BCUT2D eigenvalue weighted by atomic mass is 10.7. The van der Waals surface area contributed by atoms with Crippen molar-refractivity contribution < 1.29 is 28.4 Å². The number of terminal acetylenes is 1. The monoisotopic (exact) mass is 295 g/mol. The van der Waals surface area contributed by atoms with Gasteiger partial charge in [0.2, 0.25) is 0 Å². The predicted octanol–water partition coefficient (Wildman–Crippen LogP) is -0.119. The Hall–Kier alpha value is -0.290. The number of nitrogens with two attached hydrogens (primary N) is 1. The molecule has 0 saturated heterocycles. The molecule has 1 atom stereocenters. The summed E-state index contributed by atoms with van der Waals surface area (Å²) in [7, 11) is -1.41. The minimum atomic E-state index is -1.41. The molecule has 1 unspecified atom stereocenters. The van der Waals surface area contributed by atoms with Gasteiger partial charge in [-0.15, -0.1) is 6.42 Å². The van der Waals surface area contributed by atoms with Crippen LogP contribution in [0.4, 0.5) is 0 Å². The maximum atomic E-state index is 8.45. The molecule has 0 radical (unpaired) electrons. The summed E-state index contributed by atoms with van der Waals surface area (Å²) < 4.78 is 25.6. The molecule has 19 heavy (non-hydrogen) atoms. The van der Waals surface area contributed by atoms with Crippen molar-refractivity contribution in [1.82, 2.24) is 0 Å². The van der Waals surface area contributed by atoms with Gasteiger partial charge >= 0.3 is 0 Å². The molecule has 0 aliphatic rings. The zero-order chi connectivity index (χ0) is 14.2. The number of rotatable bonds is 14. The second-order valence-electron chi connectivity index (χ2n) is 3.16. The minimum Gasteiger partial charge on any atom is -0.394 e. The first kappa shape index (κ1) is 18.7. The van der Waals surface area contributed by atoms with E-state index in [9.17, 15) is 0 Å². The number of aliphatic hydroxyl groups excluding tert-OH is 1. The van der Waals surface area contributed by atoms with Crippen LogP contribution in [0.3, 0.4) is 0 Å². The molecule has 0 spiro atoms. The van der Waals surface area contributed by atoms with Gasteiger partial charge in [-0.25, -0.2) is 0 Å². The molecule has 7 nitrogen and oxygen atoms in total. The van der Waals surface area contributed by atoms with Crippen molar-refractivity contribution in [2.45, 2.75) is 0 Å². The van der Waals surface area contributed by atoms with Gasteiger partial charge < -0.3 is 28.4 Å². The smallest absolute Gasteiger partial charge is 0.253 e. The summed E-state index contributed by atoms with van der Waals surface area (Å²) in [6, 6.07) is 0. The molecule has 0 aromatic heterocycles. The van der Waals surface area contributed by atoms with E-state index in [1.807, 2.05) is 0 Å². The van der Waals surface area contributed by atoms with Gasteiger partial charge in [0.25, 0.3) is 8.53 Å². The molecule has 112 valence electrons. The lowest BCUT2D eigenvalue weighted by molar-refractivity contribution is 0.00353. The third-order valence-corrected chi connectivity index (χ3v) is 2.52. The number of ether oxygens (including phenoxy) is 3. The molecule has 0 rings (SSSR count). The third-order valence-electron chi connectivity index (χ3n) is 1.70. The first-order valence-electron chi connectivity index (χ1n) is 5.89. The molecule has 0 fully saturated rings. The summed E-state index contributed by atoms with van der Waals surface area (Å²) in [6.07, 6.45) is 5.00. The Morgan fingerprint density at radius 2 is 1.42 bits per heavy atom. The van der Waals surface area contributed by atoms with Gasteiger partial charge in [0, 0.05) is 0 Å². The van der Waals surface area contributed by atoms with Crippen LogP contribution in [-0.4, -0.2) is 64.6 Å². The van der Waals surface area contributed by atoms with Crippen molar-refractivity contribution in [2.75, 3.05) is 59.5 Å². The highest BCUT2D eigenvalue weighted by Crippen LogP contribution is 2.27. The zero-order valence-corrected chi connectivity index (χ0v) is 11.8. The van der Waals surface area contributed by atoms with Crippen molar-refractivity contribution in [3.8, 4) is 12.3 Å². The Bertz CT molecular complexity index is 226. The van der Waals surface area contributed by atoms with Crippen LogP contribution in [0, 0.1) is 12.3 Å². The van der Waals surface area contributed by atoms with Crippen molar-refractivity contribution in [2.24, 2.45) is 5.50 Å². The van der Waals surface area contributed by atoms with Crippen LogP contribution < -0.4 is 5.50 Å². The molecule has 8 heteroatoms. The van der Waals surface area contributed by atoms with E-state index in [4.69, 9.17) is 40.3 Å². The van der Waals surface area contributed by atoms with Crippen LogP contribution in [0.25, 0.3) is 0 Å². The van der Waals surface area contributed by atoms with E-state index in [2.05, 4.69) is 5.92 Å². The molecule has 0 aliphatic carbocycles. The topological polar surface area (TPSA) is 92.4 Å². The summed E-state index contributed by atoms with van der Waals surface area (Å²) in [5.74, 6) is 2.30. The fraction of sp³-hybridized carbons (Fsp3) is 0.818. The Labute approximate surface area is 115 Å². The average Bonchev–Trinajstić information content (AvgIpc) is 2.42. The quantitative estimate of drug-likeness (QED) is 0.262. The highest BCUT2D eigenvalue weighted by atomic mass is 31.2. The van der Waals surface area contributed by atoms with Crippen molar-refractivity contribution >= 4 is 8.53 Å². The Balaban J connectivity index is 3.04. The Morgan fingerprint density at radius 3 is 1.95 bits per heavy atom. The van der Waals surface area contributed by atoms with Crippen LogP contribution in [-0.2, 0) is 23.3 Å². The predicted molar refractivity (Wildman–Crippen MR) is 71.4 cm³/mol. The number of hydrogen-bond acceptors (Lipinski definition) is 7. The van der Waals surface area contributed by atoms with Crippen molar-refractivity contribution in [3.05, 3.63) is 0 Å². The lowest BCUT2D eigenvalue weighted by Gasteiger charge is -2.10. The van der Waals surface area contributed by atoms with Crippen LogP contribution in [0.15, 0.2) is 0 Å². The molecule has 0 saturated carbocycles. The van der Waals surface area contributed by atoms with Crippen LogP contribution >= 0.6 is 8.53 Å². The maximum absolute atomic E-state index is 8.45. The van der Waals surface area contributed by atoms with Gasteiger partial charge in [-0.2, -0.15) is 0 Å². The first-order chi connectivity index (χ1) is 9.31. The maximum Gasteiger partial charge on any atom is 0.253 e. The molecule has 0 amide bonds. The van der Waals surface area contributed by atoms with Gasteiger partial charge in [0.1, 0.15) is 6.61 Å². The normalized spacial score (nSPS) is 12.3. The van der Waals surface area contributed by atoms with Crippen molar-refractivity contribution in [1.29, 1.82) is 0 Å². The van der Waals surface area contributed by atoms with Gasteiger partial charge in [0.05, 0.1) is 52.9 Å². The van der Waals surface area contributed by atoms with Gasteiger partial charge in [-0.3, -0.25) is 5.50 Å². The summed E-state index contributed by atoms with van der Waals surface area (Å²) in [5.41, 5.74) is 5.49. The van der Waals surface area contributed by atoms with Crippen LogP contribution in [0.2, 0.25) is 0 Å². The standard InChI is InChI=1S/C11H22NO6P/c1-2-4-17-19(12)18-11-10-16-9-8-15-7-6-14-5-3-13/h1,13H,3-12H2. The molecule has 0 heterocycles. The first-order valence-corrected chi connectivity index (χ1v) is 7.14. The molecule has 0 aliphatic heterocycles. The number of aliphatic hydroxyl groups is 1. The molecule has 3 N–H and O–H groups in total. The summed E-state index contributed by atoms with van der Waals surface area (Å²) in [5, 5.41) is 8.45. The van der Waals surface area contributed by atoms with E-state index in [1.165, 1.54) is 0 Å². The van der Waals surface area contributed by atoms with Crippen LogP contribution in [0.5, 0.6) is 0 Å². The second kappa shape index (κ2) is 15.8. The van der Waals surface area contributed by atoms with Gasteiger partial charge in [0.15, 0.2) is 0 Å². The average molecular weight is 295 g/mol. The van der Waals surface area contributed by atoms with Gasteiger partial charge in [-0.1, -0.05) is 5.92 Å². The fourth-order valence-electron chi connectivity index (χ4n) is 0.931.